The fraction of sp³-hybridized carbons (Fsp3) is 0.133. The van der Waals surface area contributed by atoms with Crippen molar-refractivity contribution in [3.05, 3.63) is 54.4 Å². The highest BCUT2D eigenvalue weighted by Gasteiger charge is 2.24. The molecule has 0 aliphatic carbocycles. The van der Waals surface area contributed by atoms with Crippen LogP contribution in [0.4, 0.5) is 0 Å². The molecule has 2 aromatic heterocycles. The summed E-state index contributed by atoms with van der Waals surface area (Å²) in [5.74, 6) is 0. The normalized spacial score (nSPS) is 11.8. The summed E-state index contributed by atoms with van der Waals surface area (Å²) in [5, 5.41) is 19.0. The number of rotatable bonds is 4. The summed E-state index contributed by atoms with van der Waals surface area (Å²) in [6, 6.07) is 11.4. The van der Waals surface area contributed by atoms with E-state index in [-0.39, 0.29) is 16.0 Å². The first kappa shape index (κ1) is 15.7. The zero-order valence-electron chi connectivity index (χ0n) is 12.4. The van der Waals surface area contributed by atoms with Gasteiger partial charge in [-0.25, -0.2) is 17.4 Å². The number of pyridine rings is 1. The molecule has 0 fully saturated rings. The smallest absolute Gasteiger partial charge is 0.423 e. The molecule has 2 heterocycles. The maximum atomic E-state index is 12.9. The molecular weight excluding hydrogens is 315 g/mol. The summed E-state index contributed by atoms with van der Waals surface area (Å²) in [7, 11) is -5.42. The molecule has 0 aliphatic heterocycles. The van der Waals surface area contributed by atoms with Gasteiger partial charge in [0.25, 0.3) is 10.0 Å². The molecule has 0 unspecified atom stereocenters. The van der Waals surface area contributed by atoms with E-state index >= 15 is 0 Å². The van der Waals surface area contributed by atoms with E-state index in [0.717, 1.165) is 0 Å². The molecule has 0 saturated heterocycles. The number of benzene rings is 1. The molecule has 0 saturated carbocycles. The van der Waals surface area contributed by atoms with Crippen molar-refractivity contribution in [2.45, 2.75) is 18.2 Å². The Morgan fingerprint density at radius 1 is 1.17 bits per heavy atom. The second-order valence-electron chi connectivity index (χ2n) is 5.13. The van der Waals surface area contributed by atoms with Crippen LogP contribution in [-0.4, -0.2) is 34.5 Å². The minimum absolute atomic E-state index is 0.181. The van der Waals surface area contributed by atoms with Gasteiger partial charge in [0.2, 0.25) is 0 Å². The monoisotopic (exact) mass is 330 g/mol. The van der Waals surface area contributed by atoms with Gasteiger partial charge in [-0.15, -0.1) is 0 Å². The zero-order chi connectivity index (χ0) is 16.6. The predicted molar refractivity (Wildman–Crippen MR) is 88.0 cm³/mol. The van der Waals surface area contributed by atoms with E-state index in [4.69, 9.17) is 0 Å². The Morgan fingerprint density at radius 3 is 2.48 bits per heavy atom. The Labute approximate surface area is 134 Å². The number of hydrogen-bond donors (Lipinski definition) is 2. The Morgan fingerprint density at radius 2 is 1.87 bits per heavy atom. The number of nitrogens with zero attached hydrogens (tertiary/aromatic N) is 2. The number of hydrogen-bond acceptors (Lipinski definition) is 5. The van der Waals surface area contributed by atoms with Gasteiger partial charge < -0.3 is 10.0 Å². The third-order valence-corrected chi connectivity index (χ3v) is 5.39. The summed E-state index contributed by atoms with van der Waals surface area (Å²) < 4.78 is 27.1. The second-order valence-corrected chi connectivity index (χ2v) is 6.91. The molecule has 8 heteroatoms. The quantitative estimate of drug-likeness (QED) is 0.680. The van der Waals surface area contributed by atoms with Gasteiger partial charge in [-0.1, -0.05) is 25.1 Å². The highest BCUT2D eigenvalue weighted by Crippen LogP contribution is 2.24. The minimum atomic E-state index is -3.77. The van der Waals surface area contributed by atoms with Crippen molar-refractivity contribution in [3.63, 3.8) is 0 Å². The minimum Gasteiger partial charge on any atom is -0.423 e. The lowest BCUT2D eigenvalue weighted by Crippen LogP contribution is -2.30. The van der Waals surface area contributed by atoms with Crippen LogP contribution in [0.25, 0.3) is 11.0 Å². The highest BCUT2D eigenvalue weighted by atomic mass is 32.2. The van der Waals surface area contributed by atoms with Gasteiger partial charge in [-0.3, -0.25) is 0 Å². The van der Waals surface area contributed by atoms with Crippen LogP contribution in [0.3, 0.4) is 0 Å². The van der Waals surface area contributed by atoms with E-state index in [0.29, 0.717) is 17.5 Å². The van der Waals surface area contributed by atoms with Crippen LogP contribution in [0.15, 0.2) is 53.6 Å². The molecule has 2 N–H and O–H groups in total. The molecule has 6 nitrogen and oxygen atoms in total. The first-order chi connectivity index (χ1) is 10.9. The lowest BCUT2D eigenvalue weighted by Gasteiger charge is -2.10. The maximum Gasteiger partial charge on any atom is 0.490 e. The molecule has 0 radical (unpaired) electrons. The van der Waals surface area contributed by atoms with Crippen molar-refractivity contribution in [3.8, 4) is 0 Å². The van der Waals surface area contributed by atoms with Gasteiger partial charge in [0.15, 0.2) is 5.65 Å². The molecule has 0 aliphatic rings. The molecular formula is C15H15BN2O4S. The Balaban J connectivity index is 2.28. The van der Waals surface area contributed by atoms with Gasteiger partial charge in [0.05, 0.1) is 4.90 Å². The highest BCUT2D eigenvalue weighted by molar-refractivity contribution is 7.90. The van der Waals surface area contributed by atoms with Crippen LogP contribution in [0.1, 0.15) is 12.6 Å². The van der Waals surface area contributed by atoms with Crippen LogP contribution in [-0.2, 0) is 16.4 Å². The van der Waals surface area contributed by atoms with Crippen LogP contribution >= 0.6 is 0 Å². The van der Waals surface area contributed by atoms with Crippen molar-refractivity contribution in [2.24, 2.45) is 0 Å². The van der Waals surface area contributed by atoms with E-state index in [1.807, 2.05) is 6.92 Å². The molecule has 0 amide bonds. The van der Waals surface area contributed by atoms with E-state index in [1.54, 1.807) is 24.3 Å². The van der Waals surface area contributed by atoms with Crippen LogP contribution in [0.5, 0.6) is 0 Å². The second kappa shape index (κ2) is 5.80. The molecule has 0 spiro atoms. The first-order valence-corrected chi connectivity index (χ1v) is 8.56. The molecule has 3 aromatic rings. The SMILES string of the molecule is CCc1cc2cc(B(O)O)cnc2n1S(=O)(=O)c1ccccc1. The molecule has 118 valence electrons. The summed E-state index contributed by atoms with van der Waals surface area (Å²) in [5.41, 5.74) is 1.07. The van der Waals surface area contributed by atoms with Crippen molar-refractivity contribution in [1.29, 1.82) is 0 Å². The van der Waals surface area contributed by atoms with Gasteiger partial charge in [0.1, 0.15) is 0 Å². The van der Waals surface area contributed by atoms with Crippen molar-refractivity contribution < 1.29 is 18.5 Å². The average Bonchev–Trinajstić information content (AvgIpc) is 2.93. The van der Waals surface area contributed by atoms with Gasteiger partial charge in [0, 0.05) is 22.7 Å². The van der Waals surface area contributed by atoms with Crippen molar-refractivity contribution >= 4 is 33.6 Å². The number of fused-ring (bicyclic) bond motifs is 1. The molecule has 23 heavy (non-hydrogen) atoms. The average molecular weight is 330 g/mol. The predicted octanol–water partition coefficient (Wildman–Crippen LogP) is 0.516. The van der Waals surface area contributed by atoms with Gasteiger partial charge >= 0.3 is 7.12 Å². The fourth-order valence-electron chi connectivity index (χ4n) is 2.49. The molecule has 0 atom stereocenters. The van der Waals surface area contributed by atoms with E-state index in [9.17, 15) is 18.5 Å². The third-order valence-electron chi connectivity index (χ3n) is 3.63. The third kappa shape index (κ3) is 2.65. The van der Waals surface area contributed by atoms with Gasteiger partial charge in [-0.2, -0.15) is 0 Å². The van der Waals surface area contributed by atoms with Crippen LogP contribution < -0.4 is 5.46 Å². The molecule has 0 bridgehead atoms. The Bertz CT molecular complexity index is 952. The topological polar surface area (TPSA) is 92.4 Å². The van der Waals surface area contributed by atoms with E-state index in [2.05, 4.69) is 4.98 Å². The Kier molecular flexibility index (Phi) is 3.97. The van der Waals surface area contributed by atoms with Crippen LogP contribution in [0, 0.1) is 0 Å². The molecule has 1 aromatic carbocycles. The number of aryl methyl sites for hydroxylation is 1. The lowest BCUT2D eigenvalue weighted by atomic mass is 9.81. The maximum absolute atomic E-state index is 12.9. The van der Waals surface area contributed by atoms with E-state index < -0.39 is 17.1 Å². The molecule has 3 rings (SSSR count). The zero-order valence-corrected chi connectivity index (χ0v) is 13.2. The Hall–Kier alpha value is -2.16. The summed E-state index contributed by atoms with van der Waals surface area (Å²) >= 11 is 0. The van der Waals surface area contributed by atoms with E-state index in [1.165, 1.54) is 28.4 Å². The largest absolute Gasteiger partial charge is 0.490 e. The summed E-state index contributed by atoms with van der Waals surface area (Å²) in [4.78, 5) is 4.31. The van der Waals surface area contributed by atoms with Crippen molar-refractivity contribution in [2.75, 3.05) is 0 Å². The summed E-state index contributed by atoms with van der Waals surface area (Å²) in [6.07, 6.45) is 1.77. The number of aromatic nitrogens is 2. The van der Waals surface area contributed by atoms with Crippen molar-refractivity contribution in [1.82, 2.24) is 8.96 Å². The lowest BCUT2D eigenvalue weighted by molar-refractivity contribution is 0.425. The fourth-order valence-corrected chi connectivity index (χ4v) is 4.08. The van der Waals surface area contributed by atoms with Gasteiger partial charge in [-0.05, 0) is 30.7 Å². The summed E-state index contributed by atoms with van der Waals surface area (Å²) in [6.45, 7) is 1.85. The standard InChI is InChI=1S/C15H15BN2O4S/c1-2-13-9-11-8-12(16(19)20)10-17-15(11)18(13)23(21,22)14-6-4-3-5-7-14/h3-10,19-20H,2H2,1H3. The first-order valence-electron chi connectivity index (χ1n) is 7.12. The van der Waals surface area contributed by atoms with Crippen LogP contribution in [0.2, 0.25) is 0 Å².